The van der Waals surface area contributed by atoms with Gasteiger partial charge >= 0.3 is 12.2 Å². The van der Waals surface area contributed by atoms with Crippen LogP contribution in [-0.2, 0) is 6.54 Å². The number of nitrogens with one attached hydrogen (secondary N) is 2. The number of nitrogens with zero attached hydrogens (tertiary/aromatic N) is 2. The van der Waals surface area contributed by atoms with Gasteiger partial charge in [0.15, 0.2) is 0 Å². The van der Waals surface area contributed by atoms with Gasteiger partial charge in [0.05, 0.1) is 18.8 Å². The number of hydrogen-bond donors (Lipinski definition) is 2. The van der Waals surface area contributed by atoms with Gasteiger partial charge < -0.3 is 10.6 Å². The minimum absolute atomic E-state index is 0.0583. The van der Waals surface area contributed by atoms with E-state index in [-0.39, 0.29) is 11.9 Å². The van der Waals surface area contributed by atoms with E-state index < -0.39 is 12.7 Å². The Balaban J connectivity index is 1.63. The molecule has 2 N–H and O–H groups in total. The van der Waals surface area contributed by atoms with E-state index in [0.717, 1.165) is 5.69 Å². The van der Waals surface area contributed by atoms with Crippen molar-refractivity contribution >= 4 is 6.03 Å². The highest BCUT2D eigenvalue weighted by molar-refractivity contribution is 5.73. The fraction of sp³-hybridized carbons (Fsp3) is 0.571. The molecule has 1 aromatic heterocycles. The zero-order valence-electron chi connectivity index (χ0n) is 12.1. The standard InChI is InChI=1S/C14H19F3N4O/c15-14(16,17)10-21-6-4-11(9-21)7-19-13(22)20-8-12-3-1-2-5-18-12/h1-3,5,11H,4,6-10H2,(H2,19,20,22). The Kier molecular flexibility index (Phi) is 5.59. The molecular weight excluding hydrogens is 297 g/mol. The van der Waals surface area contributed by atoms with Crippen LogP contribution in [0.1, 0.15) is 12.1 Å². The predicted octanol–water partition coefficient (Wildman–Crippen LogP) is 1.77. The first-order valence-corrected chi connectivity index (χ1v) is 7.13. The minimum atomic E-state index is -4.16. The molecule has 5 nitrogen and oxygen atoms in total. The number of rotatable bonds is 5. The van der Waals surface area contributed by atoms with Crippen molar-refractivity contribution in [3.05, 3.63) is 30.1 Å². The van der Waals surface area contributed by atoms with Gasteiger partial charge in [0.1, 0.15) is 0 Å². The zero-order valence-corrected chi connectivity index (χ0v) is 12.1. The number of urea groups is 1. The van der Waals surface area contributed by atoms with Crippen LogP contribution in [0.25, 0.3) is 0 Å². The third kappa shape index (κ3) is 5.88. The van der Waals surface area contributed by atoms with Crippen molar-refractivity contribution in [3.63, 3.8) is 0 Å². The third-order valence-electron chi connectivity index (χ3n) is 3.48. The maximum atomic E-state index is 12.3. The first-order chi connectivity index (χ1) is 10.4. The number of hydrogen-bond acceptors (Lipinski definition) is 3. The van der Waals surface area contributed by atoms with Gasteiger partial charge in [-0.15, -0.1) is 0 Å². The second-order valence-electron chi connectivity index (χ2n) is 5.39. The summed E-state index contributed by atoms with van der Waals surface area (Å²) >= 11 is 0. The molecule has 1 unspecified atom stereocenters. The molecule has 2 heterocycles. The molecule has 0 spiro atoms. The molecule has 1 saturated heterocycles. The summed E-state index contributed by atoms with van der Waals surface area (Å²) in [4.78, 5) is 17.1. The summed E-state index contributed by atoms with van der Waals surface area (Å²) in [6.45, 7) is 0.594. The minimum Gasteiger partial charge on any atom is -0.338 e. The molecule has 0 radical (unpaired) electrons. The lowest BCUT2D eigenvalue weighted by Gasteiger charge is -2.18. The number of aromatic nitrogens is 1. The Morgan fingerprint density at radius 2 is 2.18 bits per heavy atom. The number of alkyl halides is 3. The van der Waals surface area contributed by atoms with Crippen LogP contribution in [0.3, 0.4) is 0 Å². The average molecular weight is 316 g/mol. The molecule has 1 fully saturated rings. The van der Waals surface area contributed by atoms with Gasteiger partial charge in [-0.1, -0.05) is 6.07 Å². The summed E-state index contributed by atoms with van der Waals surface area (Å²) in [5.74, 6) is 0.0583. The highest BCUT2D eigenvalue weighted by Gasteiger charge is 2.34. The summed E-state index contributed by atoms with van der Waals surface area (Å²) in [6.07, 6.45) is -1.86. The number of halogens is 3. The van der Waals surface area contributed by atoms with Crippen LogP contribution in [0, 0.1) is 5.92 Å². The summed E-state index contributed by atoms with van der Waals surface area (Å²) in [6, 6.07) is 5.08. The molecule has 0 saturated carbocycles. The van der Waals surface area contributed by atoms with E-state index in [2.05, 4.69) is 15.6 Å². The van der Waals surface area contributed by atoms with Crippen molar-refractivity contribution in [2.75, 3.05) is 26.2 Å². The van der Waals surface area contributed by atoms with Crippen LogP contribution in [0.5, 0.6) is 0 Å². The molecule has 0 aliphatic carbocycles. The smallest absolute Gasteiger partial charge is 0.338 e. The van der Waals surface area contributed by atoms with E-state index in [1.165, 1.54) is 4.90 Å². The quantitative estimate of drug-likeness (QED) is 0.870. The van der Waals surface area contributed by atoms with Crippen LogP contribution < -0.4 is 10.6 Å². The van der Waals surface area contributed by atoms with Crippen LogP contribution in [0.4, 0.5) is 18.0 Å². The average Bonchev–Trinajstić information content (AvgIpc) is 2.89. The zero-order chi connectivity index (χ0) is 16.0. The van der Waals surface area contributed by atoms with Gasteiger partial charge in [0.2, 0.25) is 0 Å². The summed E-state index contributed by atoms with van der Waals surface area (Å²) in [5, 5.41) is 5.36. The van der Waals surface area contributed by atoms with Gasteiger partial charge in [-0.25, -0.2) is 4.79 Å². The van der Waals surface area contributed by atoms with Gasteiger partial charge in [0, 0.05) is 19.3 Å². The van der Waals surface area contributed by atoms with E-state index in [4.69, 9.17) is 0 Å². The molecule has 22 heavy (non-hydrogen) atoms. The largest absolute Gasteiger partial charge is 0.401 e. The molecule has 2 amide bonds. The van der Waals surface area contributed by atoms with Crippen LogP contribution in [0.15, 0.2) is 24.4 Å². The molecular formula is C14H19F3N4O. The first kappa shape index (κ1) is 16.5. The maximum absolute atomic E-state index is 12.3. The summed E-state index contributed by atoms with van der Waals surface area (Å²) in [5.41, 5.74) is 0.745. The number of carbonyl (C=O) groups is 1. The van der Waals surface area contributed by atoms with Crippen molar-refractivity contribution in [3.8, 4) is 0 Å². The number of pyridine rings is 1. The van der Waals surface area contributed by atoms with Gasteiger partial charge in [-0.05, 0) is 31.0 Å². The molecule has 1 aliphatic rings. The SMILES string of the molecule is O=C(NCc1ccccn1)NCC1CCN(CC(F)(F)F)C1. The van der Waals surface area contributed by atoms with Crippen molar-refractivity contribution in [1.82, 2.24) is 20.5 Å². The Morgan fingerprint density at radius 1 is 1.36 bits per heavy atom. The van der Waals surface area contributed by atoms with Gasteiger partial charge in [-0.2, -0.15) is 13.2 Å². The lowest BCUT2D eigenvalue weighted by atomic mass is 10.1. The number of amides is 2. The third-order valence-corrected chi connectivity index (χ3v) is 3.48. The highest BCUT2D eigenvalue weighted by atomic mass is 19.4. The van der Waals surface area contributed by atoms with E-state index in [9.17, 15) is 18.0 Å². The molecule has 0 bridgehead atoms. The molecule has 0 aromatic carbocycles. The number of carbonyl (C=O) groups excluding carboxylic acids is 1. The van der Waals surface area contributed by atoms with E-state index in [0.29, 0.717) is 32.6 Å². The monoisotopic (exact) mass is 316 g/mol. The van der Waals surface area contributed by atoms with Gasteiger partial charge in [-0.3, -0.25) is 9.88 Å². The molecule has 1 aliphatic heterocycles. The number of likely N-dealkylation sites (tertiary alicyclic amines) is 1. The Bertz CT molecular complexity index is 481. The maximum Gasteiger partial charge on any atom is 0.401 e. The van der Waals surface area contributed by atoms with E-state index in [1.54, 1.807) is 18.3 Å². The molecule has 1 aromatic rings. The van der Waals surface area contributed by atoms with E-state index >= 15 is 0 Å². The van der Waals surface area contributed by atoms with Crippen molar-refractivity contribution in [1.29, 1.82) is 0 Å². The Hall–Kier alpha value is -1.83. The van der Waals surface area contributed by atoms with Crippen molar-refractivity contribution in [2.45, 2.75) is 19.1 Å². The van der Waals surface area contributed by atoms with Crippen LogP contribution in [0.2, 0.25) is 0 Å². The van der Waals surface area contributed by atoms with E-state index in [1.807, 2.05) is 6.07 Å². The molecule has 1 atom stereocenters. The normalized spacial score (nSPS) is 19.1. The predicted molar refractivity (Wildman–Crippen MR) is 75.1 cm³/mol. The van der Waals surface area contributed by atoms with Crippen LogP contribution in [-0.4, -0.2) is 48.3 Å². The van der Waals surface area contributed by atoms with Crippen molar-refractivity contribution < 1.29 is 18.0 Å². The lowest BCUT2D eigenvalue weighted by Crippen LogP contribution is -2.39. The highest BCUT2D eigenvalue weighted by Crippen LogP contribution is 2.22. The summed E-state index contributed by atoms with van der Waals surface area (Å²) in [7, 11) is 0. The molecule has 122 valence electrons. The lowest BCUT2D eigenvalue weighted by molar-refractivity contribution is -0.143. The first-order valence-electron chi connectivity index (χ1n) is 7.13. The topological polar surface area (TPSA) is 57.3 Å². The second-order valence-corrected chi connectivity index (χ2v) is 5.39. The van der Waals surface area contributed by atoms with Gasteiger partial charge in [0.25, 0.3) is 0 Å². The molecule has 2 rings (SSSR count). The molecule has 8 heteroatoms. The second kappa shape index (κ2) is 7.44. The Morgan fingerprint density at radius 3 is 2.86 bits per heavy atom. The van der Waals surface area contributed by atoms with Crippen molar-refractivity contribution in [2.24, 2.45) is 5.92 Å². The fourth-order valence-corrected chi connectivity index (χ4v) is 2.45. The fourth-order valence-electron chi connectivity index (χ4n) is 2.45. The van der Waals surface area contributed by atoms with Crippen LogP contribution >= 0.6 is 0 Å². The summed E-state index contributed by atoms with van der Waals surface area (Å²) < 4.78 is 36.8. The Labute approximate surface area is 126 Å².